The average Bonchev–Trinajstić information content (AvgIpc) is 2.86. The van der Waals surface area contributed by atoms with E-state index in [-0.39, 0.29) is 17.5 Å². The van der Waals surface area contributed by atoms with Crippen molar-refractivity contribution in [2.24, 2.45) is 0 Å². The quantitative estimate of drug-likeness (QED) is 0.615. The van der Waals surface area contributed by atoms with Gasteiger partial charge in [0.25, 0.3) is 0 Å². The summed E-state index contributed by atoms with van der Waals surface area (Å²) in [4.78, 5) is 20.2. The maximum absolute atomic E-state index is 10.5. The topological polar surface area (TPSA) is 111 Å². The summed E-state index contributed by atoms with van der Waals surface area (Å²) in [6.07, 6.45) is 1.31. The van der Waals surface area contributed by atoms with Crippen LogP contribution in [0.25, 0.3) is 5.88 Å². The number of carboxylic acids is 1. The van der Waals surface area contributed by atoms with Crippen molar-refractivity contribution in [1.82, 2.24) is 9.78 Å². The van der Waals surface area contributed by atoms with E-state index in [0.717, 1.165) is 4.68 Å². The second-order valence-corrected chi connectivity index (χ2v) is 2.82. The Morgan fingerprint density at radius 1 is 1.50 bits per heavy atom. The van der Waals surface area contributed by atoms with E-state index >= 15 is 0 Å². The Bertz CT molecular complexity index is 505. The van der Waals surface area contributed by atoms with E-state index in [0.29, 0.717) is 0 Å². The standard InChI is InChI=1S/C8H5N3O5/c12-8(13)5-1-2-7(16-5)10-4-3-6(9-10)11(14)15/h1-4H,(H,12,13). The van der Waals surface area contributed by atoms with Gasteiger partial charge in [0.2, 0.25) is 11.6 Å². The first kappa shape index (κ1) is 9.90. The van der Waals surface area contributed by atoms with E-state index in [1.165, 1.54) is 24.4 Å². The molecule has 0 radical (unpaired) electrons. The van der Waals surface area contributed by atoms with Gasteiger partial charge < -0.3 is 19.6 Å². The summed E-state index contributed by atoms with van der Waals surface area (Å²) >= 11 is 0. The van der Waals surface area contributed by atoms with Crippen LogP contribution in [0.5, 0.6) is 0 Å². The summed E-state index contributed by atoms with van der Waals surface area (Å²) in [5.41, 5.74) is 0. The van der Waals surface area contributed by atoms with Crippen LogP contribution in [0.4, 0.5) is 5.82 Å². The lowest BCUT2D eigenvalue weighted by atomic mass is 10.5. The molecule has 82 valence electrons. The Hall–Kier alpha value is -2.64. The molecule has 0 unspecified atom stereocenters. The summed E-state index contributed by atoms with van der Waals surface area (Å²) < 4.78 is 5.99. The summed E-state index contributed by atoms with van der Waals surface area (Å²) in [6, 6.07) is 3.79. The fourth-order valence-corrected chi connectivity index (χ4v) is 1.10. The van der Waals surface area contributed by atoms with Gasteiger partial charge in [-0.25, -0.2) is 4.79 Å². The Kier molecular flexibility index (Phi) is 2.16. The van der Waals surface area contributed by atoms with Gasteiger partial charge in [-0.1, -0.05) is 0 Å². The first-order valence-electron chi connectivity index (χ1n) is 4.11. The van der Waals surface area contributed by atoms with Crippen molar-refractivity contribution in [2.45, 2.75) is 0 Å². The molecule has 0 amide bonds. The number of aromatic carboxylic acids is 1. The number of hydrogen-bond acceptors (Lipinski definition) is 5. The van der Waals surface area contributed by atoms with Crippen molar-refractivity contribution in [3.05, 3.63) is 40.3 Å². The number of hydrogen-bond donors (Lipinski definition) is 1. The molecule has 0 aromatic carbocycles. The SMILES string of the molecule is O=C(O)c1ccc(-n2ccc([N+](=O)[O-])n2)o1. The molecule has 0 aliphatic carbocycles. The molecule has 8 nitrogen and oxygen atoms in total. The maximum Gasteiger partial charge on any atom is 0.390 e. The van der Waals surface area contributed by atoms with Crippen molar-refractivity contribution in [3.8, 4) is 5.88 Å². The van der Waals surface area contributed by atoms with Crippen LogP contribution >= 0.6 is 0 Å². The van der Waals surface area contributed by atoms with Crippen LogP contribution in [-0.4, -0.2) is 25.8 Å². The first-order chi connectivity index (χ1) is 7.58. The maximum atomic E-state index is 10.5. The molecule has 0 aliphatic heterocycles. The summed E-state index contributed by atoms with van der Waals surface area (Å²) in [5, 5.41) is 22.6. The second-order valence-electron chi connectivity index (χ2n) is 2.82. The van der Waals surface area contributed by atoms with Crippen molar-refractivity contribution < 1.29 is 19.2 Å². The van der Waals surface area contributed by atoms with E-state index in [1.54, 1.807) is 0 Å². The molecule has 0 saturated carbocycles. The molecule has 1 N–H and O–H groups in total. The molecule has 0 atom stereocenters. The van der Waals surface area contributed by atoms with Gasteiger partial charge in [-0.2, -0.15) is 0 Å². The number of nitro groups is 1. The molecule has 0 spiro atoms. The van der Waals surface area contributed by atoms with Gasteiger partial charge in [0.15, 0.2) is 0 Å². The highest BCUT2D eigenvalue weighted by molar-refractivity contribution is 5.84. The van der Waals surface area contributed by atoms with Crippen LogP contribution in [0.1, 0.15) is 10.6 Å². The molecule has 2 heterocycles. The van der Waals surface area contributed by atoms with Crippen LogP contribution in [0.15, 0.2) is 28.8 Å². The summed E-state index contributed by atoms with van der Waals surface area (Å²) in [5.74, 6) is -1.71. The van der Waals surface area contributed by atoms with Gasteiger partial charge in [-0.3, -0.25) is 0 Å². The van der Waals surface area contributed by atoms with Gasteiger partial charge in [0, 0.05) is 6.07 Å². The third kappa shape index (κ3) is 1.63. The van der Waals surface area contributed by atoms with E-state index < -0.39 is 10.9 Å². The Morgan fingerprint density at radius 3 is 2.75 bits per heavy atom. The molecule has 8 heteroatoms. The van der Waals surface area contributed by atoms with Crippen molar-refractivity contribution in [2.75, 3.05) is 0 Å². The van der Waals surface area contributed by atoms with Crippen LogP contribution < -0.4 is 0 Å². The minimum Gasteiger partial charge on any atom is -0.475 e. The molecular formula is C8H5N3O5. The number of carbonyl (C=O) groups is 1. The molecule has 2 rings (SSSR count). The lowest BCUT2D eigenvalue weighted by Crippen LogP contribution is -1.96. The minimum absolute atomic E-state index is 0.102. The number of rotatable bonds is 3. The highest BCUT2D eigenvalue weighted by Gasteiger charge is 2.16. The predicted molar refractivity (Wildman–Crippen MR) is 49.4 cm³/mol. The van der Waals surface area contributed by atoms with Crippen LogP contribution in [0, 0.1) is 10.1 Å². The van der Waals surface area contributed by atoms with Crippen molar-refractivity contribution in [3.63, 3.8) is 0 Å². The average molecular weight is 223 g/mol. The Morgan fingerprint density at radius 2 is 2.25 bits per heavy atom. The van der Waals surface area contributed by atoms with E-state index in [1.807, 2.05) is 0 Å². The van der Waals surface area contributed by atoms with E-state index in [2.05, 4.69) is 5.10 Å². The number of furan rings is 1. The molecular weight excluding hydrogens is 218 g/mol. The third-order valence-electron chi connectivity index (χ3n) is 1.79. The molecule has 0 aliphatic rings. The fourth-order valence-electron chi connectivity index (χ4n) is 1.10. The molecule has 0 fully saturated rings. The first-order valence-corrected chi connectivity index (χ1v) is 4.11. The Balaban J connectivity index is 2.35. The predicted octanol–water partition coefficient (Wildman–Crippen LogP) is 1.07. The zero-order valence-corrected chi connectivity index (χ0v) is 7.73. The van der Waals surface area contributed by atoms with Gasteiger partial charge in [-0.15, -0.1) is 4.68 Å². The fraction of sp³-hybridized carbons (Fsp3) is 0. The molecule has 2 aromatic heterocycles. The van der Waals surface area contributed by atoms with Crippen molar-refractivity contribution >= 4 is 11.8 Å². The highest BCUT2D eigenvalue weighted by Crippen LogP contribution is 2.15. The van der Waals surface area contributed by atoms with Gasteiger partial charge in [0.05, 0.1) is 17.4 Å². The Labute approximate surface area is 87.9 Å². The molecule has 0 saturated heterocycles. The zero-order valence-electron chi connectivity index (χ0n) is 7.73. The molecule has 16 heavy (non-hydrogen) atoms. The number of aromatic nitrogens is 2. The molecule has 0 bridgehead atoms. The lowest BCUT2D eigenvalue weighted by molar-refractivity contribution is -0.389. The lowest BCUT2D eigenvalue weighted by Gasteiger charge is -1.89. The number of nitrogens with zero attached hydrogens (tertiary/aromatic N) is 3. The van der Waals surface area contributed by atoms with Gasteiger partial charge in [-0.05, 0) is 11.0 Å². The minimum atomic E-state index is -1.21. The van der Waals surface area contributed by atoms with Crippen LogP contribution in [0.2, 0.25) is 0 Å². The van der Waals surface area contributed by atoms with E-state index in [9.17, 15) is 14.9 Å². The smallest absolute Gasteiger partial charge is 0.390 e. The third-order valence-corrected chi connectivity index (χ3v) is 1.79. The van der Waals surface area contributed by atoms with Crippen molar-refractivity contribution in [1.29, 1.82) is 0 Å². The normalized spacial score (nSPS) is 10.2. The van der Waals surface area contributed by atoms with Gasteiger partial charge >= 0.3 is 11.8 Å². The summed E-state index contributed by atoms with van der Waals surface area (Å²) in [6.45, 7) is 0. The van der Waals surface area contributed by atoms with Gasteiger partial charge in [0.1, 0.15) is 0 Å². The number of carboxylic acid groups (broad SMARTS) is 1. The van der Waals surface area contributed by atoms with Crippen LogP contribution in [-0.2, 0) is 0 Å². The van der Waals surface area contributed by atoms with Crippen LogP contribution in [0.3, 0.4) is 0 Å². The van der Waals surface area contributed by atoms with E-state index in [4.69, 9.17) is 9.52 Å². The highest BCUT2D eigenvalue weighted by atomic mass is 16.6. The largest absolute Gasteiger partial charge is 0.475 e. The summed E-state index contributed by atoms with van der Waals surface area (Å²) in [7, 11) is 0. The monoisotopic (exact) mass is 223 g/mol. The second kappa shape index (κ2) is 3.50. The molecule has 2 aromatic rings. The zero-order chi connectivity index (χ0) is 11.7.